The number of amides is 1. The lowest BCUT2D eigenvalue weighted by Crippen LogP contribution is -2.20. The van der Waals surface area contributed by atoms with E-state index in [9.17, 15) is 4.79 Å². The Bertz CT molecular complexity index is 396. The van der Waals surface area contributed by atoms with E-state index in [0.717, 1.165) is 18.9 Å². The van der Waals surface area contributed by atoms with E-state index in [1.165, 1.54) is 12.8 Å². The van der Waals surface area contributed by atoms with Crippen LogP contribution >= 0.6 is 0 Å². The van der Waals surface area contributed by atoms with Gasteiger partial charge in [0.05, 0.1) is 0 Å². The predicted molar refractivity (Wildman–Crippen MR) is 71.6 cm³/mol. The van der Waals surface area contributed by atoms with Crippen molar-refractivity contribution >= 4 is 17.5 Å². The monoisotopic (exact) mass is 248 g/mol. The first-order valence-corrected chi connectivity index (χ1v) is 6.53. The van der Waals surface area contributed by atoms with Gasteiger partial charge in [-0.2, -0.15) is 0 Å². The minimum Gasteiger partial charge on any atom is -0.355 e. The van der Waals surface area contributed by atoms with Crippen molar-refractivity contribution in [2.24, 2.45) is 5.92 Å². The third-order valence-corrected chi connectivity index (χ3v) is 2.94. The predicted octanol–water partition coefficient (Wildman–Crippen LogP) is 2.06. The molecule has 0 saturated carbocycles. The summed E-state index contributed by atoms with van der Waals surface area (Å²) in [6.07, 6.45) is 2.94. The highest BCUT2D eigenvalue weighted by Crippen LogP contribution is 2.17. The summed E-state index contributed by atoms with van der Waals surface area (Å²) < 4.78 is 0. The van der Waals surface area contributed by atoms with Crippen LogP contribution in [0.5, 0.6) is 0 Å². The first-order valence-electron chi connectivity index (χ1n) is 6.53. The summed E-state index contributed by atoms with van der Waals surface area (Å²) >= 11 is 0. The number of aromatic nitrogens is 2. The van der Waals surface area contributed by atoms with Crippen molar-refractivity contribution in [1.29, 1.82) is 0 Å². The summed E-state index contributed by atoms with van der Waals surface area (Å²) in [5.74, 6) is 1.77. The first kappa shape index (κ1) is 12.8. The van der Waals surface area contributed by atoms with Gasteiger partial charge < -0.3 is 10.2 Å². The lowest BCUT2D eigenvalue weighted by Gasteiger charge is -2.15. The maximum atomic E-state index is 11.6. The third kappa shape index (κ3) is 3.42. The van der Waals surface area contributed by atoms with E-state index >= 15 is 0 Å². The fraction of sp³-hybridized carbons (Fsp3) is 0.615. The molecule has 1 aromatic rings. The average Bonchev–Trinajstić information content (AvgIpc) is 2.82. The van der Waals surface area contributed by atoms with Gasteiger partial charge >= 0.3 is 0 Å². The molecule has 1 aliphatic rings. The SMILES string of the molecule is CC(C)CC(=O)Nc1ccc(N2CCCC2)nn1. The number of anilines is 2. The van der Waals surface area contributed by atoms with Crippen molar-refractivity contribution in [3.63, 3.8) is 0 Å². The lowest BCUT2D eigenvalue weighted by molar-refractivity contribution is -0.116. The molecule has 0 aromatic carbocycles. The van der Waals surface area contributed by atoms with Gasteiger partial charge in [0.2, 0.25) is 5.91 Å². The Balaban J connectivity index is 1.93. The summed E-state index contributed by atoms with van der Waals surface area (Å²) in [7, 11) is 0. The van der Waals surface area contributed by atoms with E-state index in [1.807, 2.05) is 26.0 Å². The van der Waals surface area contributed by atoms with Crippen LogP contribution in [0.1, 0.15) is 33.1 Å². The number of carbonyl (C=O) groups is 1. The van der Waals surface area contributed by atoms with Crippen LogP contribution in [-0.4, -0.2) is 29.2 Å². The lowest BCUT2D eigenvalue weighted by atomic mass is 10.1. The second-order valence-corrected chi connectivity index (χ2v) is 5.12. The number of nitrogens with zero attached hydrogens (tertiary/aromatic N) is 3. The second-order valence-electron chi connectivity index (χ2n) is 5.12. The smallest absolute Gasteiger partial charge is 0.225 e. The van der Waals surface area contributed by atoms with Crippen molar-refractivity contribution in [2.75, 3.05) is 23.3 Å². The fourth-order valence-electron chi connectivity index (χ4n) is 2.07. The van der Waals surface area contributed by atoms with Gasteiger partial charge in [-0.3, -0.25) is 4.79 Å². The Kier molecular flexibility index (Phi) is 4.12. The van der Waals surface area contributed by atoms with Gasteiger partial charge in [-0.15, -0.1) is 10.2 Å². The minimum atomic E-state index is -0.00628. The van der Waals surface area contributed by atoms with Gasteiger partial charge in [0, 0.05) is 19.5 Å². The quantitative estimate of drug-likeness (QED) is 0.886. The van der Waals surface area contributed by atoms with Crippen LogP contribution in [0.2, 0.25) is 0 Å². The molecule has 1 amide bonds. The highest BCUT2D eigenvalue weighted by atomic mass is 16.1. The zero-order valence-corrected chi connectivity index (χ0v) is 11.0. The third-order valence-electron chi connectivity index (χ3n) is 2.94. The molecule has 5 nitrogen and oxygen atoms in total. The molecule has 0 bridgehead atoms. The molecule has 0 spiro atoms. The average molecular weight is 248 g/mol. The first-order chi connectivity index (χ1) is 8.65. The number of hydrogen-bond acceptors (Lipinski definition) is 4. The molecule has 18 heavy (non-hydrogen) atoms. The number of hydrogen-bond donors (Lipinski definition) is 1. The van der Waals surface area contributed by atoms with E-state index in [4.69, 9.17) is 0 Å². The normalized spacial score (nSPS) is 15.2. The van der Waals surface area contributed by atoms with Crippen LogP contribution in [0.15, 0.2) is 12.1 Å². The number of nitrogens with one attached hydrogen (secondary N) is 1. The molecular weight excluding hydrogens is 228 g/mol. The van der Waals surface area contributed by atoms with Gasteiger partial charge in [0.15, 0.2) is 11.6 Å². The highest BCUT2D eigenvalue weighted by Gasteiger charge is 2.14. The maximum absolute atomic E-state index is 11.6. The summed E-state index contributed by atoms with van der Waals surface area (Å²) in [6.45, 7) is 6.13. The van der Waals surface area contributed by atoms with E-state index in [1.54, 1.807) is 0 Å². The highest BCUT2D eigenvalue weighted by molar-refractivity contribution is 5.89. The minimum absolute atomic E-state index is 0.00628. The van der Waals surface area contributed by atoms with Crippen molar-refractivity contribution in [3.05, 3.63) is 12.1 Å². The molecule has 2 heterocycles. The summed E-state index contributed by atoms with van der Waals surface area (Å²) in [5.41, 5.74) is 0. The topological polar surface area (TPSA) is 58.1 Å². The van der Waals surface area contributed by atoms with Gasteiger partial charge in [0.25, 0.3) is 0 Å². The molecular formula is C13H20N4O. The van der Waals surface area contributed by atoms with Crippen molar-refractivity contribution in [1.82, 2.24) is 10.2 Å². The van der Waals surface area contributed by atoms with Crippen LogP contribution < -0.4 is 10.2 Å². The molecule has 1 saturated heterocycles. The molecule has 1 aliphatic heterocycles. The van der Waals surface area contributed by atoms with Crippen LogP contribution in [0.4, 0.5) is 11.6 Å². The Morgan fingerprint density at radius 3 is 2.61 bits per heavy atom. The van der Waals surface area contributed by atoms with Crippen molar-refractivity contribution in [2.45, 2.75) is 33.1 Å². The van der Waals surface area contributed by atoms with E-state index in [0.29, 0.717) is 18.2 Å². The molecule has 1 fully saturated rings. The van der Waals surface area contributed by atoms with E-state index in [2.05, 4.69) is 20.4 Å². The Labute approximate surface area is 108 Å². The fourth-order valence-corrected chi connectivity index (χ4v) is 2.07. The molecule has 5 heteroatoms. The zero-order valence-electron chi connectivity index (χ0n) is 11.0. The standard InChI is InChI=1S/C13H20N4O/c1-10(2)9-13(18)14-11-5-6-12(16-15-11)17-7-3-4-8-17/h5-6,10H,3-4,7-9H2,1-2H3,(H,14,15,18). The van der Waals surface area contributed by atoms with E-state index < -0.39 is 0 Å². The van der Waals surface area contributed by atoms with Gasteiger partial charge in [0.1, 0.15) is 0 Å². The van der Waals surface area contributed by atoms with Gasteiger partial charge in [-0.25, -0.2) is 0 Å². The molecule has 98 valence electrons. The molecule has 0 radical (unpaired) electrons. The Hall–Kier alpha value is -1.65. The molecule has 0 aliphatic carbocycles. The molecule has 1 N–H and O–H groups in total. The molecule has 0 unspecified atom stereocenters. The summed E-state index contributed by atoms with van der Waals surface area (Å²) in [5, 5.41) is 11.0. The maximum Gasteiger partial charge on any atom is 0.225 e. The Morgan fingerprint density at radius 1 is 1.33 bits per heavy atom. The molecule has 2 rings (SSSR count). The Morgan fingerprint density at radius 2 is 2.06 bits per heavy atom. The van der Waals surface area contributed by atoms with E-state index in [-0.39, 0.29) is 5.91 Å². The van der Waals surface area contributed by atoms with Crippen molar-refractivity contribution in [3.8, 4) is 0 Å². The summed E-state index contributed by atoms with van der Waals surface area (Å²) in [4.78, 5) is 13.8. The van der Waals surface area contributed by atoms with Crippen LogP contribution in [0, 0.1) is 5.92 Å². The van der Waals surface area contributed by atoms with Gasteiger partial charge in [-0.05, 0) is 30.9 Å². The number of carbonyl (C=O) groups excluding carboxylic acids is 1. The van der Waals surface area contributed by atoms with Crippen LogP contribution in [0.25, 0.3) is 0 Å². The molecule has 1 aromatic heterocycles. The largest absolute Gasteiger partial charge is 0.355 e. The number of rotatable bonds is 4. The molecule has 0 atom stereocenters. The second kappa shape index (κ2) is 5.80. The summed E-state index contributed by atoms with van der Waals surface area (Å²) in [6, 6.07) is 3.74. The van der Waals surface area contributed by atoms with Gasteiger partial charge in [-0.1, -0.05) is 13.8 Å². The zero-order chi connectivity index (χ0) is 13.0. The van der Waals surface area contributed by atoms with Crippen molar-refractivity contribution < 1.29 is 4.79 Å². The van der Waals surface area contributed by atoms with Crippen LogP contribution in [-0.2, 0) is 4.79 Å². The van der Waals surface area contributed by atoms with Crippen LogP contribution in [0.3, 0.4) is 0 Å².